The molecular formula is C53H33N3. The Balaban J connectivity index is 0.893. The first-order valence-corrected chi connectivity index (χ1v) is 19.0. The summed E-state index contributed by atoms with van der Waals surface area (Å²) in [6.45, 7) is 0. The fraction of sp³-hybridized carbons (Fsp3) is 0. The van der Waals surface area contributed by atoms with E-state index in [2.05, 4.69) is 140 Å². The van der Waals surface area contributed by atoms with Gasteiger partial charge in [-0.1, -0.05) is 188 Å². The van der Waals surface area contributed by atoms with Gasteiger partial charge in [0.15, 0.2) is 17.5 Å². The summed E-state index contributed by atoms with van der Waals surface area (Å²) in [6, 6.07) is 71.3. The Morgan fingerprint density at radius 1 is 0.232 bits per heavy atom. The maximum Gasteiger partial charge on any atom is 0.164 e. The van der Waals surface area contributed by atoms with Crippen molar-refractivity contribution in [1.82, 2.24) is 15.0 Å². The lowest BCUT2D eigenvalue weighted by atomic mass is 9.93. The van der Waals surface area contributed by atoms with E-state index in [1.807, 2.05) is 60.7 Å². The third kappa shape index (κ3) is 5.49. The molecule has 0 atom stereocenters. The van der Waals surface area contributed by atoms with Crippen LogP contribution in [0.4, 0.5) is 0 Å². The summed E-state index contributed by atoms with van der Waals surface area (Å²) in [5, 5.41) is 5.08. The Hall–Kier alpha value is -7.49. The second-order valence-electron chi connectivity index (χ2n) is 14.4. The molecular weight excluding hydrogens is 679 g/mol. The summed E-state index contributed by atoms with van der Waals surface area (Å²) in [5.41, 5.74) is 15.4. The molecule has 0 radical (unpaired) electrons. The zero-order valence-corrected chi connectivity index (χ0v) is 30.4. The van der Waals surface area contributed by atoms with Crippen LogP contribution in [0.2, 0.25) is 0 Å². The highest BCUT2D eigenvalue weighted by Gasteiger charge is 2.22. The second-order valence-corrected chi connectivity index (χ2v) is 14.4. The standard InChI is InChI=1S/C53H33N3/c1-3-10-38(11-4-1)51-54-52(39-12-5-2-6-13-39)56-53(55-51)40-26-20-35(21-27-40)42-29-23-36-22-28-41(32-43(36)33-42)34-18-24-37(25-19-34)44-30-31-49-46-15-8-7-14-45(46)48-17-9-16-47(44)50(48)49/h1-33H. The molecule has 0 bridgehead atoms. The van der Waals surface area contributed by atoms with Crippen LogP contribution in [0, 0.1) is 0 Å². The number of fused-ring (bicyclic) bond motifs is 4. The quantitative estimate of drug-likeness (QED) is 0.172. The number of aromatic nitrogens is 3. The predicted molar refractivity (Wildman–Crippen MR) is 232 cm³/mol. The first-order chi connectivity index (χ1) is 27.7. The number of hydrogen-bond acceptors (Lipinski definition) is 3. The zero-order valence-electron chi connectivity index (χ0n) is 30.4. The molecule has 0 saturated carbocycles. The Labute approximate surface area is 325 Å². The van der Waals surface area contributed by atoms with Crippen LogP contribution in [0.3, 0.4) is 0 Å². The van der Waals surface area contributed by atoms with Crippen LogP contribution in [-0.4, -0.2) is 15.0 Å². The van der Waals surface area contributed by atoms with E-state index in [1.54, 1.807) is 0 Å². The first-order valence-electron chi connectivity index (χ1n) is 19.0. The van der Waals surface area contributed by atoms with Crippen LogP contribution in [-0.2, 0) is 0 Å². The Morgan fingerprint density at radius 3 is 1.20 bits per heavy atom. The maximum absolute atomic E-state index is 4.91. The van der Waals surface area contributed by atoms with E-state index in [-0.39, 0.29) is 0 Å². The van der Waals surface area contributed by atoms with Crippen LogP contribution in [0.15, 0.2) is 200 Å². The van der Waals surface area contributed by atoms with Crippen molar-refractivity contribution >= 4 is 21.5 Å². The van der Waals surface area contributed by atoms with Crippen molar-refractivity contribution in [2.45, 2.75) is 0 Å². The number of hydrogen-bond donors (Lipinski definition) is 0. The maximum atomic E-state index is 4.91. The van der Waals surface area contributed by atoms with Crippen LogP contribution in [0.25, 0.3) is 111 Å². The largest absolute Gasteiger partial charge is 0.208 e. The van der Waals surface area contributed by atoms with Gasteiger partial charge in [-0.2, -0.15) is 0 Å². The second kappa shape index (κ2) is 13.1. The van der Waals surface area contributed by atoms with E-state index >= 15 is 0 Å². The monoisotopic (exact) mass is 711 g/mol. The van der Waals surface area contributed by atoms with Gasteiger partial charge in [-0.15, -0.1) is 0 Å². The molecule has 1 aliphatic rings. The van der Waals surface area contributed by atoms with Gasteiger partial charge in [-0.3, -0.25) is 0 Å². The minimum atomic E-state index is 0.651. The van der Waals surface area contributed by atoms with Crippen LogP contribution in [0.5, 0.6) is 0 Å². The highest BCUT2D eigenvalue weighted by Crippen LogP contribution is 2.49. The summed E-state index contributed by atoms with van der Waals surface area (Å²) < 4.78 is 0. The normalized spacial score (nSPS) is 11.6. The fourth-order valence-electron chi connectivity index (χ4n) is 8.26. The van der Waals surface area contributed by atoms with E-state index in [0.717, 1.165) is 27.8 Å². The Bertz CT molecular complexity index is 3010. The smallest absolute Gasteiger partial charge is 0.164 e. The van der Waals surface area contributed by atoms with Crippen molar-refractivity contribution in [2.24, 2.45) is 0 Å². The molecule has 1 aromatic heterocycles. The van der Waals surface area contributed by atoms with Crippen LogP contribution < -0.4 is 0 Å². The van der Waals surface area contributed by atoms with Gasteiger partial charge in [0.25, 0.3) is 0 Å². The fourth-order valence-corrected chi connectivity index (χ4v) is 8.26. The van der Waals surface area contributed by atoms with E-state index in [9.17, 15) is 0 Å². The summed E-state index contributed by atoms with van der Waals surface area (Å²) in [7, 11) is 0. The third-order valence-corrected chi connectivity index (χ3v) is 11.1. The third-order valence-electron chi connectivity index (χ3n) is 11.1. The molecule has 260 valence electrons. The molecule has 1 heterocycles. The summed E-state index contributed by atoms with van der Waals surface area (Å²) in [5.74, 6) is 1.97. The van der Waals surface area contributed by atoms with Crippen molar-refractivity contribution in [2.75, 3.05) is 0 Å². The molecule has 3 nitrogen and oxygen atoms in total. The predicted octanol–water partition coefficient (Wildman–Crippen LogP) is 13.8. The number of benzene rings is 9. The highest BCUT2D eigenvalue weighted by molar-refractivity contribution is 6.18. The van der Waals surface area contributed by atoms with Crippen molar-refractivity contribution in [3.05, 3.63) is 200 Å². The first kappa shape index (κ1) is 32.0. The van der Waals surface area contributed by atoms with Gasteiger partial charge in [0, 0.05) is 16.7 Å². The molecule has 1 aliphatic carbocycles. The van der Waals surface area contributed by atoms with Gasteiger partial charge in [0.2, 0.25) is 0 Å². The molecule has 11 rings (SSSR count). The van der Waals surface area contributed by atoms with E-state index < -0.39 is 0 Å². The van der Waals surface area contributed by atoms with Crippen molar-refractivity contribution < 1.29 is 0 Å². The number of nitrogens with zero attached hydrogens (tertiary/aromatic N) is 3. The topological polar surface area (TPSA) is 38.7 Å². The SMILES string of the molecule is c1ccc(-c2nc(-c3ccccc3)nc(-c3ccc(-c4ccc5ccc(-c6ccc(-c7ccc8c9c(cccc79)-c7ccccc7-8)cc6)cc5c4)cc3)n2)cc1. The summed E-state index contributed by atoms with van der Waals surface area (Å²) >= 11 is 0. The minimum Gasteiger partial charge on any atom is -0.208 e. The zero-order chi connectivity index (χ0) is 37.0. The average molecular weight is 712 g/mol. The molecule has 56 heavy (non-hydrogen) atoms. The van der Waals surface area contributed by atoms with E-state index in [0.29, 0.717) is 17.5 Å². The van der Waals surface area contributed by atoms with E-state index in [1.165, 1.54) is 66.1 Å². The van der Waals surface area contributed by atoms with Crippen molar-refractivity contribution in [1.29, 1.82) is 0 Å². The molecule has 3 heteroatoms. The molecule has 10 aromatic rings. The molecule has 0 amide bonds. The lowest BCUT2D eigenvalue weighted by Crippen LogP contribution is -2.00. The van der Waals surface area contributed by atoms with Crippen molar-refractivity contribution in [3.63, 3.8) is 0 Å². The Morgan fingerprint density at radius 2 is 0.643 bits per heavy atom. The molecule has 0 aliphatic heterocycles. The van der Waals surface area contributed by atoms with Gasteiger partial charge < -0.3 is 0 Å². The van der Waals surface area contributed by atoms with Gasteiger partial charge in [-0.25, -0.2) is 15.0 Å². The molecule has 0 fully saturated rings. The lowest BCUT2D eigenvalue weighted by molar-refractivity contribution is 1.07. The highest BCUT2D eigenvalue weighted by atomic mass is 15.0. The number of rotatable bonds is 6. The Kier molecular flexibility index (Phi) is 7.49. The molecule has 0 unspecified atom stereocenters. The summed E-state index contributed by atoms with van der Waals surface area (Å²) in [4.78, 5) is 14.7. The van der Waals surface area contributed by atoms with Crippen LogP contribution in [0.1, 0.15) is 0 Å². The van der Waals surface area contributed by atoms with E-state index in [4.69, 9.17) is 15.0 Å². The van der Waals surface area contributed by atoms with Gasteiger partial charge in [0.1, 0.15) is 0 Å². The molecule has 0 saturated heterocycles. The molecule has 0 N–H and O–H groups in total. The van der Waals surface area contributed by atoms with Crippen LogP contribution >= 0.6 is 0 Å². The van der Waals surface area contributed by atoms with Gasteiger partial charge >= 0.3 is 0 Å². The summed E-state index contributed by atoms with van der Waals surface area (Å²) in [6.07, 6.45) is 0. The molecule has 9 aromatic carbocycles. The van der Waals surface area contributed by atoms with Gasteiger partial charge in [0.05, 0.1) is 0 Å². The lowest BCUT2D eigenvalue weighted by Gasteiger charge is -2.11. The van der Waals surface area contributed by atoms with Crippen molar-refractivity contribution in [3.8, 4) is 89.8 Å². The minimum absolute atomic E-state index is 0.651. The average Bonchev–Trinajstić information content (AvgIpc) is 3.61. The molecule has 0 spiro atoms. The van der Waals surface area contributed by atoms with Gasteiger partial charge in [-0.05, 0) is 89.3 Å².